The van der Waals surface area contributed by atoms with E-state index in [4.69, 9.17) is 4.74 Å². The monoisotopic (exact) mass is 659 g/mol. The Balaban J connectivity index is 1.20. The summed E-state index contributed by atoms with van der Waals surface area (Å²) in [7, 11) is 0. The minimum Gasteiger partial charge on any atom is -0.450 e. The van der Waals surface area contributed by atoms with Crippen molar-refractivity contribution in [2.75, 3.05) is 13.2 Å². The normalized spacial score (nSPS) is 37.2. The summed E-state index contributed by atoms with van der Waals surface area (Å²) in [5.74, 6) is 0.269. The molecule has 6 nitrogen and oxygen atoms in total. The van der Waals surface area contributed by atoms with Gasteiger partial charge in [0.2, 0.25) is 0 Å². The van der Waals surface area contributed by atoms with Crippen LogP contribution in [0.4, 0.5) is 4.79 Å². The van der Waals surface area contributed by atoms with Crippen LogP contribution in [0.5, 0.6) is 0 Å². The first-order chi connectivity index (χ1) is 23.5. The Morgan fingerprint density at radius 1 is 0.857 bits per heavy atom. The SMILES string of the molecule is CCOC(=O)N(Cc1cccc2ccccc12)C[C@]1(O)CC[C@H]2[C@]34C=C[C@@]5(C=C3C(=O)c3ccccc3)CC(O)CC[C@]5(C)[C@H]4CC[C@@]21C. The second kappa shape index (κ2) is 11.4. The van der Waals surface area contributed by atoms with Gasteiger partial charge in [-0.25, -0.2) is 4.79 Å². The summed E-state index contributed by atoms with van der Waals surface area (Å²) in [6.45, 7) is 7.18. The summed E-state index contributed by atoms with van der Waals surface area (Å²) in [6, 6.07) is 23.9. The lowest BCUT2D eigenvalue weighted by Gasteiger charge is -2.71. The van der Waals surface area contributed by atoms with Gasteiger partial charge in [-0.3, -0.25) is 4.79 Å². The highest BCUT2D eigenvalue weighted by atomic mass is 16.6. The molecule has 0 saturated heterocycles. The van der Waals surface area contributed by atoms with Crippen molar-refractivity contribution in [2.24, 2.45) is 33.5 Å². The Kier molecular flexibility index (Phi) is 7.55. The zero-order valence-electron chi connectivity index (χ0n) is 29.0. The lowest BCUT2D eigenvalue weighted by Crippen LogP contribution is -2.67. The molecule has 3 saturated carbocycles. The lowest BCUT2D eigenvalue weighted by atomic mass is 9.32. The molecule has 3 fully saturated rings. The number of hydrogen-bond acceptors (Lipinski definition) is 5. The van der Waals surface area contributed by atoms with Crippen molar-refractivity contribution in [2.45, 2.75) is 84.0 Å². The molecule has 6 aliphatic carbocycles. The van der Waals surface area contributed by atoms with Crippen LogP contribution in [0.15, 0.2) is 96.6 Å². The molecular weight excluding hydrogens is 610 g/mol. The molecule has 3 aromatic rings. The molecule has 49 heavy (non-hydrogen) atoms. The third-order valence-electron chi connectivity index (χ3n) is 14.2. The number of ketones is 1. The van der Waals surface area contributed by atoms with Gasteiger partial charge in [0.1, 0.15) is 0 Å². The maximum absolute atomic E-state index is 14.7. The third kappa shape index (κ3) is 4.52. The average Bonchev–Trinajstić information content (AvgIpc) is 3.38. The predicted molar refractivity (Wildman–Crippen MR) is 191 cm³/mol. The fourth-order valence-corrected chi connectivity index (χ4v) is 11.7. The number of allylic oxidation sites excluding steroid dienone is 4. The first-order valence-electron chi connectivity index (χ1n) is 18.3. The highest BCUT2D eigenvalue weighted by Crippen LogP contribution is 2.78. The summed E-state index contributed by atoms with van der Waals surface area (Å²) >= 11 is 0. The van der Waals surface area contributed by atoms with Crippen molar-refractivity contribution in [3.8, 4) is 0 Å². The van der Waals surface area contributed by atoms with Gasteiger partial charge in [0.05, 0.1) is 24.9 Å². The molecule has 2 spiro atoms. The highest BCUT2D eigenvalue weighted by molar-refractivity contribution is 6.10. The number of aliphatic hydroxyl groups is 2. The molecular formula is C43H49NO5. The smallest absolute Gasteiger partial charge is 0.410 e. The van der Waals surface area contributed by atoms with Crippen molar-refractivity contribution in [1.29, 1.82) is 0 Å². The lowest BCUT2D eigenvalue weighted by molar-refractivity contribution is -0.175. The Labute approximate surface area is 289 Å². The van der Waals surface area contributed by atoms with E-state index in [1.807, 2.05) is 55.5 Å². The van der Waals surface area contributed by atoms with E-state index in [2.05, 4.69) is 56.3 Å². The van der Waals surface area contributed by atoms with Gasteiger partial charge in [-0.15, -0.1) is 0 Å². The number of fused-ring (bicyclic) bond motifs is 2. The summed E-state index contributed by atoms with van der Waals surface area (Å²) < 4.78 is 5.61. The van der Waals surface area contributed by atoms with Crippen LogP contribution in [0.25, 0.3) is 10.8 Å². The molecule has 256 valence electrons. The van der Waals surface area contributed by atoms with Crippen LogP contribution in [-0.2, 0) is 11.3 Å². The molecule has 1 unspecified atom stereocenters. The van der Waals surface area contributed by atoms with Gasteiger partial charge < -0.3 is 19.8 Å². The minimum atomic E-state index is -1.18. The van der Waals surface area contributed by atoms with Crippen molar-refractivity contribution in [3.05, 3.63) is 108 Å². The van der Waals surface area contributed by atoms with E-state index in [-0.39, 0.29) is 41.6 Å². The molecule has 3 aromatic carbocycles. The minimum absolute atomic E-state index is 0.00230. The van der Waals surface area contributed by atoms with Gasteiger partial charge in [-0.2, -0.15) is 0 Å². The molecule has 6 aliphatic rings. The number of nitrogens with zero attached hydrogens (tertiary/aromatic N) is 1. The van der Waals surface area contributed by atoms with Crippen molar-refractivity contribution in [1.82, 2.24) is 4.90 Å². The fourth-order valence-electron chi connectivity index (χ4n) is 11.7. The molecule has 8 atom stereocenters. The Hall–Kier alpha value is -3.74. The van der Waals surface area contributed by atoms with Gasteiger partial charge in [0.15, 0.2) is 5.78 Å². The Morgan fingerprint density at radius 3 is 2.35 bits per heavy atom. The summed E-state index contributed by atoms with van der Waals surface area (Å²) in [5, 5.41) is 26.2. The molecule has 0 heterocycles. The third-order valence-corrected chi connectivity index (χ3v) is 14.2. The molecule has 0 aliphatic heterocycles. The average molecular weight is 660 g/mol. The topological polar surface area (TPSA) is 87.1 Å². The van der Waals surface area contributed by atoms with E-state index in [0.29, 0.717) is 24.9 Å². The van der Waals surface area contributed by atoms with E-state index < -0.39 is 28.6 Å². The number of amides is 1. The first kappa shape index (κ1) is 32.5. The Morgan fingerprint density at radius 2 is 1.55 bits per heavy atom. The molecule has 6 heteroatoms. The maximum atomic E-state index is 14.7. The molecule has 0 radical (unpaired) electrons. The van der Waals surface area contributed by atoms with Gasteiger partial charge in [0, 0.05) is 33.9 Å². The van der Waals surface area contributed by atoms with Crippen LogP contribution >= 0.6 is 0 Å². The number of Topliss-reactive ketones (excluding diaryl/α,β-unsaturated/α-hetero) is 1. The van der Waals surface area contributed by atoms with Crippen molar-refractivity contribution < 1.29 is 24.5 Å². The largest absolute Gasteiger partial charge is 0.450 e. The zero-order chi connectivity index (χ0) is 34.2. The van der Waals surface area contributed by atoms with Crippen LogP contribution in [0.3, 0.4) is 0 Å². The zero-order valence-corrected chi connectivity index (χ0v) is 29.0. The molecule has 0 aromatic heterocycles. The number of benzene rings is 3. The van der Waals surface area contributed by atoms with Crippen LogP contribution in [0.2, 0.25) is 0 Å². The van der Waals surface area contributed by atoms with E-state index in [9.17, 15) is 19.8 Å². The van der Waals surface area contributed by atoms with Crippen LogP contribution in [0.1, 0.15) is 81.6 Å². The predicted octanol–water partition coefficient (Wildman–Crippen LogP) is 8.27. The number of aliphatic hydroxyl groups excluding tert-OH is 1. The van der Waals surface area contributed by atoms with Crippen LogP contribution in [0, 0.1) is 33.5 Å². The highest BCUT2D eigenvalue weighted by Gasteiger charge is 2.74. The molecule has 1 amide bonds. The first-order valence-corrected chi connectivity index (χ1v) is 18.3. The van der Waals surface area contributed by atoms with E-state index in [1.165, 1.54) is 0 Å². The number of rotatable bonds is 7. The van der Waals surface area contributed by atoms with Gasteiger partial charge in [-0.1, -0.05) is 105 Å². The van der Waals surface area contributed by atoms with Crippen LogP contribution < -0.4 is 0 Å². The summed E-state index contributed by atoms with van der Waals surface area (Å²) in [5.41, 5.74) is -0.228. The Bertz CT molecular complexity index is 1860. The van der Waals surface area contributed by atoms with Crippen LogP contribution in [-0.4, -0.2) is 51.8 Å². The number of carbonyl (C=O) groups is 2. The molecule has 9 rings (SSSR count). The second-order valence-corrected chi connectivity index (χ2v) is 16.2. The molecule has 2 bridgehead atoms. The second-order valence-electron chi connectivity index (χ2n) is 16.2. The summed E-state index contributed by atoms with van der Waals surface area (Å²) in [4.78, 5) is 30.1. The van der Waals surface area contributed by atoms with Gasteiger partial charge in [-0.05, 0) is 85.5 Å². The van der Waals surface area contributed by atoms with Gasteiger partial charge in [0.25, 0.3) is 0 Å². The molecule has 2 N–H and O–H groups in total. The van der Waals surface area contributed by atoms with Crippen molar-refractivity contribution in [3.63, 3.8) is 0 Å². The van der Waals surface area contributed by atoms with E-state index >= 15 is 0 Å². The van der Waals surface area contributed by atoms with E-state index in [0.717, 1.165) is 54.0 Å². The fraction of sp³-hybridized carbons (Fsp3) is 0.488. The number of carbonyl (C=O) groups excluding carboxylic acids is 2. The summed E-state index contributed by atoms with van der Waals surface area (Å²) in [6.07, 6.45) is 11.4. The maximum Gasteiger partial charge on any atom is 0.410 e. The van der Waals surface area contributed by atoms with E-state index in [1.54, 1.807) is 4.90 Å². The standard InChI is InChI=1S/C43H49NO5/c1-4-49-38(47)44(27-31-15-10-14-29-11-8-9-16-33(29)31)28-42(48)22-19-36-40(42,3)21-18-35-39(2)20-17-32(45)25-41(39)23-24-43(35,36)34(26-41)37(46)30-12-6-5-7-13-30/h5-16,23-24,26,32,35-36,45,48H,4,17-22,25,27-28H2,1-3H3/t32?,35-,36-,39-,40+,41+,42-,43-/m1/s1. The van der Waals surface area contributed by atoms with Crippen molar-refractivity contribution >= 4 is 22.6 Å². The quantitative estimate of drug-likeness (QED) is 0.197. The number of hydrogen-bond donors (Lipinski definition) is 2. The number of ether oxygens (including phenoxy) is 1. The van der Waals surface area contributed by atoms with Gasteiger partial charge >= 0.3 is 6.09 Å².